The summed E-state index contributed by atoms with van der Waals surface area (Å²) in [5, 5.41) is 13.8. The molecule has 1 saturated heterocycles. The maximum absolute atomic E-state index is 10.6. The topological polar surface area (TPSA) is 90.4 Å². The lowest BCUT2D eigenvalue weighted by Crippen LogP contribution is -2.14. The Labute approximate surface area is 98.9 Å². The molecule has 0 amide bonds. The Morgan fingerprint density at radius 2 is 2.41 bits per heavy atom. The van der Waals surface area contributed by atoms with E-state index in [0.29, 0.717) is 5.92 Å². The van der Waals surface area contributed by atoms with Crippen molar-refractivity contribution in [2.45, 2.75) is 6.42 Å². The van der Waals surface area contributed by atoms with E-state index in [-0.39, 0.29) is 11.4 Å². The van der Waals surface area contributed by atoms with Gasteiger partial charge in [-0.1, -0.05) is 0 Å². The third kappa shape index (κ3) is 2.85. The summed E-state index contributed by atoms with van der Waals surface area (Å²) in [5.74, 6) is 0.506. The molecule has 3 N–H and O–H groups in total. The van der Waals surface area contributed by atoms with Crippen LogP contribution in [0.3, 0.4) is 0 Å². The Morgan fingerprint density at radius 1 is 1.59 bits per heavy atom. The van der Waals surface area contributed by atoms with Crippen LogP contribution >= 0.6 is 0 Å². The first-order valence-corrected chi connectivity index (χ1v) is 5.52. The molecule has 1 unspecified atom stereocenters. The minimum atomic E-state index is -0.482. The van der Waals surface area contributed by atoms with Crippen LogP contribution in [0.1, 0.15) is 6.42 Å². The molecule has 1 atom stereocenters. The SMILES string of the molecule is Nc1cc(NCC2CCOC2)ccc1[N+](=O)[O-]. The molecule has 17 heavy (non-hydrogen) atoms. The number of nitrogens with zero attached hydrogens (tertiary/aromatic N) is 1. The van der Waals surface area contributed by atoms with Gasteiger partial charge < -0.3 is 15.8 Å². The van der Waals surface area contributed by atoms with Gasteiger partial charge in [0.05, 0.1) is 11.5 Å². The van der Waals surface area contributed by atoms with Gasteiger partial charge in [-0.2, -0.15) is 0 Å². The van der Waals surface area contributed by atoms with Gasteiger partial charge in [0.1, 0.15) is 5.69 Å². The predicted molar refractivity (Wildman–Crippen MR) is 64.9 cm³/mol. The van der Waals surface area contributed by atoms with Crippen LogP contribution in [0.2, 0.25) is 0 Å². The zero-order chi connectivity index (χ0) is 12.3. The number of hydrogen-bond acceptors (Lipinski definition) is 5. The molecule has 1 aromatic carbocycles. The van der Waals surface area contributed by atoms with E-state index in [1.54, 1.807) is 12.1 Å². The average Bonchev–Trinajstić information content (AvgIpc) is 2.78. The van der Waals surface area contributed by atoms with Gasteiger partial charge in [0.2, 0.25) is 0 Å². The molecule has 92 valence electrons. The molecule has 6 heteroatoms. The summed E-state index contributed by atoms with van der Waals surface area (Å²) in [7, 11) is 0. The lowest BCUT2D eigenvalue weighted by molar-refractivity contribution is -0.383. The van der Waals surface area contributed by atoms with E-state index >= 15 is 0 Å². The van der Waals surface area contributed by atoms with Gasteiger partial charge in [0, 0.05) is 30.8 Å². The van der Waals surface area contributed by atoms with E-state index < -0.39 is 4.92 Å². The summed E-state index contributed by atoms with van der Waals surface area (Å²) in [6, 6.07) is 4.68. The van der Waals surface area contributed by atoms with Crippen LogP contribution < -0.4 is 11.1 Å². The van der Waals surface area contributed by atoms with E-state index in [4.69, 9.17) is 10.5 Å². The van der Waals surface area contributed by atoms with Gasteiger partial charge in [-0.3, -0.25) is 10.1 Å². The summed E-state index contributed by atoms with van der Waals surface area (Å²) in [6.45, 7) is 2.39. The quantitative estimate of drug-likeness (QED) is 0.472. The Hall–Kier alpha value is -1.82. The maximum Gasteiger partial charge on any atom is 0.292 e. The molecule has 1 heterocycles. The Morgan fingerprint density at radius 3 is 3.00 bits per heavy atom. The number of benzene rings is 1. The molecule has 0 saturated carbocycles. The fraction of sp³-hybridized carbons (Fsp3) is 0.455. The number of nitrogens with one attached hydrogen (secondary N) is 1. The highest BCUT2D eigenvalue weighted by Crippen LogP contribution is 2.25. The molecule has 1 aliphatic rings. The molecule has 6 nitrogen and oxygen atoms in total. The van der Waals surface area contributed by atoms with E-state index in [1.807, 2.05) is 0 Å². The Bertz CT molecular complexity index is 416. The first kappa shape index (κ1) is 11.7. The van der Waals surface area contributed by atoms with Gasteiger partial charge in [-0.25, -0.2) is 0 Å². The highest BCUT2D eigenvalue weighted by atomic mass is 16.6. The second-order valence-corrected chi connectivity index (χ2v) is 4.14. The van der Waals surface area contributed by atoms with Crippen molar-refractivity contribution in [3.8, 4) is 0 Å². The number of rotatable bonds is 4. The van der Waals surface area contributed by atoms with Crippen molar-refractivity contribution in [1.82, 2.24) is 0 Å². The van der Waals surface area contributed by atoms with Gasteiger partial charge in [-0.15, -0.1) is 0 Å². The van der Waals surface area contributed by atoms with Gasteiger partial charge >= 0.3 is 0 Å². The summed E-state index contributed by atoms with van der Waals surface area (Å²) in [5.41, 5.74) is 6.53. The van der Waals surface area contributed by atoms with Crippen LogP contribution in [-0.2, 0) is 4.74 Å². The van der Waals surface area contributed by atoms with Crippen molar-refractivity contribution >= 4 is 17.1 Å². The summed E-state index contributed by atoms with van der Waals surface area (Å²) >= 11 is 0. The molecular formula is C11H15N3O3. The van der Waals surface area contributed by atoms with Crippen LogP contribution in [0.15, 0.2) is 18.2 Å². The Balaban J connectivity index is 1.97. The summed E-state index contributed by atoms with van der Waals surface area (Å²) in [4.78, 5) is 10.1. The zero-order valence-electron chi connectivity index (χ0n) is 9.39. The standard InChI is InChI=1S/C11H15N3O3/c12-10-5-9(1-2-11(10)14(15)16)13-6-8-3-4-17-7-8/h1-2,5,8,13H,3-4,6-7,12H2. The van der Waals surface area contributed by atoms with Crippen molar-refractivity contribution in [3.63, 3.8) is 0 Å². The maximum atomic E-state index is 10.6. The highest BCUT2D eigenvalue weighted by molar-refractivity contribution is 5.65. The van der Waals surface area contributed by atoms with Crippen LogP contribution in [0, 0.1) is 16.0 Å². The molecule has 0 radical (unpaired) electrons. The predicted octanol–water partition coefficient (Wildman–Crippen LogP) is 1.63. The second-order valence-electron chi connectivity index (χ2n) is 4.14. The number of ether oxygens (including phenoxy) is 1. The number of hydrogen-bond donors (Lipinski definition) is 2. The number of nitrogen functional groups attached to an aromatic ring is 1. The van der Waals surface area contributed by atoms with Crippen molar-refractivity contribution in [3.05, 3.63) is 28.3 Å². The van der Waals surface area contributed by atoms with Crippen LogP contribution in [0.5, 0.6) is 0 Å². The zero-order valence-corrected chi connectivity index (χ0v) is 9.39. The first-order chi connectivity index (χ1) is 8.16. The Kier molecular flexibility index (Phi) is 3.43. The number of nitro groups is 1. The lowest BCUT2D eigenvalue weighted by atomic mass is 10.1. The van der Waals surface area contributed by atoms with Gasteiger partial charge in [0.25, 0.3) is 5.69 Å². The molecule has 0 aromatic heterocycles. The van der Waals surface area contributed by atoms with Crippen LogP contribution in [0.25, 0.3) is 0 Å². The van der Waals surface area contributed by atoms with Crippen LogP contribution in [0.4, 0.5) is 17.1 Å². The minimum Gasteiger partial charge on any atom is -0.393 e. The molecule has 2 rings (SSSR count). The minimum absolute atomic E-state index is 0.0558. The molecule has 0 bridgehead atoms. The molecule has 0 aliphatic carbocycles. The lowest BCUT2D eigenvalue weighted by Gasteiger charge is -2.11. The van der Waals surface area contributed by atoms with Gasteiger partial charge in [0.15, 0.2) is 0 Å². The summed E-state index contributed by atoms with van der Waals surface area (Å²) in [6.07, 6.45) is 1.05. The third-order valence-corrected chi connectivity index (χ3v) is 2.84. The molecule has 1 aromatic rings. The monoisotopic (exact) mass is 237 g/mol. The van der Waals surface area contributed by atoms with Crippen molar-refractivity contribution in [1.29, 1.82) is 0 Å². The van der Waals surface area contributed by atoms with E-state index in [0.717, 1.165) is 31.9 Å². The molecule has 1 aliphatic heterocycles. The van der Waals surface area contributed by atoms with Crippen molar-refractivity contribution < 1.29 is 9.66 Å². The third-order valence-electron chi connectivity index (χ3n) is 2.84. The fourth-order valence-electron chi connectivity index (χ4n) is 1.84. The largest absolute Gasteiger partial charge is 0.393 e. The smallest absolute Gasteiger partial charge is 0.292 e. The molecule has 0 spiro atoms. The van der Waals surface area contributed by atoms with Crippen molar-refractivity contribution in [2.24, 2.45) is 5.92 Å². The van der Waals surface area contributed by atoms with Crippen LogP contribution in [-0.4, -0.2) is 24.7 Å². The normalized spacial score (nSPS) is 19.2. The second kappa shape index (κ2) is 5.01. The fourth-order valence-corrected chi connectivity index (χ4v) is 1.84. The van der Waals surface area contributed by atoms with E-state index in [9.17, 15) is 10.1 Å². The average molecular weight is 237 g/mol. The molecular weight excluding hydrogens is 222 g/mol. The van der Waals surface area contributed by atoms with E-state index in [1.165, 1.54) is 6.07 Å². The number of nitrogens with two attached hydrogens (primary N) is 1. The first-order valence-electron chi connectivity index (χ1n) is 5.52. The summed E-state index contributed by atoms with van der Waals surface area (Å²) < 4.78 is 5.27. The number of anilines is 2. The highest BCUT2D eigenvalue weighted by Gasteiger charge is 2.16. The van der Waals surface area contributed by atoms with Crippen molar-refractivity contribution in [2.75, 3.05) is 30.8 Å². The van der Waals surface area contributed by atoms with Gasteiger partial charge in [-0.05, 0) is 18.6 Å². The van der Waals surface area contributed by atoms with E-state index in [2.05, 4.69) is 5.32 Å². The number of nitro benzene ring substituents is 1. The molecule has 1 fully saturated rings.